The SMILES string of the molecule is C[C@@H]1CN([C@H](C)CO)C(=O)c2cccc(NS(=O)(=O)c3cn(C)cn3)c2O[C@@H]1CN(C)C(=O)Nc1ccccc1. The van der Waals surface area contributed by atoms with Crippen LogP contribution in [0.1, 0.15) is 24.2 Å². The molecule has 0 bridgehead atoms. The number of benzene rings is 2. The minimum Gasteiger partial charge on any atom is -0.485 e. The second kappa shape index (κ2) is 12.0. The standard InChI is InChI=1S/C27H34N6O6S/c1-18-13-33(19(2)16-34)26(35)21-11-8-12-22(30-40(37,38)24-15-31(3)17-28-24)25(21)39-23(18)14-32(4)27(36)29-20-9-6-5-7-10-20/h5-12,15,17-19,23,30,34H,13-14,16H2,1-4H3,(H,29,36)/t18-,19-,23-/m1/s1. The summed E-state index contributed by atoms with van der Waals surface area (Å²) in [7, 11) is -0.823. The average Bonchev–Trinajstić information content (AvgIpc) is 3.38. The topological polar surface area (TPSA) is 146 Å². The summed E-state index contributed by atoms with van der Waals surface area (Å²) >= 11 is 0. The Morgan fingerprint density at radius 2 is 1.95 bits per heavy atom. The van der Waals surface area contributed by atoms with E-state index < -0.39 is 28.1 Å². The number of likely N-dealkylation sites (N-methyl/N-ethyl adjacent to an activating group) is 1. The quantitative estimate of drug-likeness (QED) is 0.377. The monoisotopic (exact) mass is 570 g/mol. The first-order valence-corrected chi connectivity index (χ1v) is 14.3. The van der Waals surface area contributed by atoms with Gasteiger partial charge in [0.1, 0.15) is 6.10 Å². The third-order valence-corrected chi connectivity index (χ3v) is 7.97. The lowest BCUT2D eigenvalue weighted by atomic mass is 9.99. The van der Waals surface area contributed by atoms with Crippen molar-refractivity contribution >= 4 is 33.3 Å². The number of aromatic nitrogens is 2. The summed E-state index contributed by atoms with van der Waals surface area (Å²) in [6.45, 7) is 3.74. The number of hydrogen-bond donors (Lipinski definition) is 3. The Morgan fingerprint density at radius 3 is 2.60 bits per heavy atom. The number of aliphatic hydroxyl groups is 1. The zero-order valence-corrected chi connectivity index (χ0v) is 23.6. The van der Waals surface area contributed by atoms with Crippen molar-refractivity contribution in [2.75, 3.05) is 36.8 Å². The van der Waals surface area contributed by atoms with Gasteiger partial charge in [0.25, 0.3) is 15.9 Å². The molecule has 0 aliphatic carbocycles. The van der Waals surface area contributed by atoms with Crippen molar-refractivity contribution in [2.45, 2.75) is 31.0 Å². The van der Waals surface area contributed by atoms with E-state index in [2.05, 4.69) is 15.0 Å². The van der Waals surface area contributed by atoms with Gasteiger partial charge in [0.05, 0.1) is 36.8 Å². The van der Waals surface area contributed by atoms with Crippen LogP contribution in [-0.4, -0.2) is 83.7 Å². The number of urea groups is 1. The van der Waals surface area contributed by atoms with E-state index in [0.29, 0.717) is 5.69 Å². The Hall–Kier alpha value is -4.10. The number of nitrogens with one attached hydrogen (secondary N) is 2. The lowest BCUT2D eigenvalue weighted by Crippen LogP contribution is -2.50. The number of nitrogens with zero attached hydrogens (tertiary/aromatic N) is 4. The van der Waals surface area contributed by atoms with Crippen LogP contribution in [0.5, 0.6) is 5.75 Å². The van der Waals surface area contributed by atoms with E-state index in [1.54, 1.807) is 50.2 Å². The van der Waals surface area contributed by atoms with Crippen molar-refractivity contribution in [3.05, 3.63) is 66.6 Å². The summed E-state index contributed by atoms with van der Waals surface area (Å²) < 4.78 is 36.6. The van der Waals surface area contributed by atoms with Crippen LogP contribution in [0.25, 0.3) is 0 Å². The van der Waals surface area contributed by atoms with Gasteiger partial charge in [-0.2, -0.15) is 8.42 Å². The molecule has 1 aromatic heterocycles. The minimum absolute atomic E-state index is 0.0376. The average molecular weight is 571 g/mol. The van der Waals surface area contributed by atoms with Crippen LogP contribution >= 0.6 is 0 Å². The third-order valence-electron chi connectivity index (χ3n) is 6.72. The highest BCUT2D eigenvalue weighted by Gasteiger charge is 2.35. The van der Waals surface area contributed by atoms with Crippen LogP contribution in [0.2, 0.25) is 0 Å². The van der Waals surface area contributed by atoms with Gasteiger partial charge in [-0.25, -0.2) is 9.78 Å². The van der Waals surface area contributed by atoms with Gasteiger partial charge in [-0.15, -0.1) is 0 Å². The molecule has 1 aliphatic heterocycles. The van der Waals surface area contributed by atoms with Gasteiger partial charge >= 0.3 is 6.03 Å². The van der Waals surface area contributed by atoms with Crippen molar-refractivity contribution in [2.24, 2.45) is 13.0 Å². The number of para-hydroxylation sites is 2. The molecule has 3 N–H and O–H groups in total. The van der Waals surface area contributed by atoms with Crippen molar-refractivity contribution < 1.29 is 27.9 Å². The summed E-state index contributed by atoms with van der Waals surface area (Å²) in [6, 6.07) is 12.8. The molecule has 0 fully saturated rings. The number of anilines is 2. The van der Waals surface area contributed by atoms with E-state index in [4.69, 9.17) is 4.74 Å². The first kappa shape index (κ1) is 28.9. The van der Waals surface area contributed by atoms with Gasteiger partial charge < -0.3 is 29.5 Å². The first-order valence-electron chi connectivity index (χ1n) is 12.8. The van der Waals surface area contributed by atoms with Crippen molar-refractivity contribution in [1.29, 1.82) is 0 Å². The maximum Gasteiger partial charge on any atom is 0.321 e. The third kappa shape index (κ3) is 6.37. The Morgan fingerprint density at radius 1 is 1.23 bits per heavy atom. The van der Waals surface area contributed by atoms with Crippen LogP contribution in [-0.2, 0) is 17.1 Å². The molecule has 2 aromatic carbocycles. The van der Waals surface area contributed by atoms with Gasteiger partial charge in [0, 0.05) is 38.4 Å². The minimum atomic E-state index is -4.10. The fourth-order valence-corrected chi connectivity index (χ4v) is 5.41. The Labute approximate surface area is 233 Å². The zero-order chi connectivity index (χ0) is 29.0. The second-order valence-electron chi connectivity index (χ2n) is 9.96. The molecular formula is C27H34N6O6S. The molecule has 4 rings (SSSR count). The highest BCUT2D eigenvalue weighted by molar-refractivity contribution is 7.92. The van der Waals surface area contributed by atoms with Crippen LogP contribution < -0.4 is 14.8 Å². The van der Waals surface area contributed by atoms with Crippen LogP contribution in [0.4, 0.5) is 16.2 Å². The lowest BCUT2D eigenvalue weighted by molar-refractivity contribution is 0.0373. The molecule has 40 heavy (non-hydrogen) atoms. The molecule has 3 atom stereocenters. The fraction of sp³-hybridized carbons (Fsp3) is 0.370. The summed E-state index contributed by atoms with van der Waals surface area (Å²) in [6.07, 6.45) is 2.09. The molecule has 0 radical (unpaired) electrons. The van der Waals surface area contributed by atoms with Crippen molar-refractivity contribution in [1.82, 2.24) is 19.4 Å². The molecule has 2 heterocycles. The number of hydrogen-bond acceptors (Lipinski definition) is 7. The van der Waals surface area contributed by atoms with Crippen LogP contribution in [0.15, 0.2) is 66.1 Å². The molecule has 0 saturated carbocycles. The predicted molar refractivity (Wildman–Crippen MR) is 150 cm³/mol. The number of aliphatic hydroxyl groups excluding tert-OH is 1. The number of aryl methyl sites for hydroxylation is 1. The van der Waals surface area contributed by atoms with E-state index in [9.17, 15) is 23.1 Å². The largest absolute Gasteiger partial charge is 0.485 e. The van der Waals surface area contributed by atoms with Gasteiger partial charge in [-0.3, -0.25) is 9.52 Å². The Bertz CT molecular complexity index is 1460. The van der Waals surface area contributed by atoms with E-state index in [1.165, 1.54) is 28.1 Å². The number of rotatable bonds is 8. The Kier molecular flexibility index (Phi) is 8.64. The molecule has 13 heteroatoms. The molecule has 12 nitrogen and oxygen atoms in total. The molecule has 3 amide bonds. The lowest BCUT2D eigenvalue weighted by Gasteiger charge is -2.38. The summed E-state index contributed by atoms with van der Waals surface area (Å²) in [4.78, 5) is 33.5. The first-order chi connectivity index (χ1) is 19.0. The van der Waals surface area contributed by atoms with Gasteiger partial charge in [-0.1, -0.05) is 31.2 Å². The number of amides is 3. The normalized spacial score (nSPS) is 18.1. The molecule has 214 valence electrons. The molecule has 0 spiro atoms. The molecule has 0 unspecified atom stereocenters. The van der Waals surface area contributed by atoms with Crippen LogP contribution in [0.3, 0.4) is 0 Å². The fourth-order valence-electron chi connectivity index (χ4n) is 4.36. The van der Waals surface area contributed by atoms with Crippen LogP contribution in [0, 0.1) is 5.92 Å². The smallest absolute Gasteiger partial charge is 0.321 e. The van der Waals surface area contributed by atoms with Gasteiger partial charge in [0.2, 0.25) is 0 Å². The number of imidazole rings is 1. The highest BCUT2D eigenvalue weighted by atomic mass is 32.2. The molecule has 1 aliphatic rings. The highest BCUT2D eigenvalue weighted by Crippen LogP contribution is 2.36. The van der Waals surface area contributed by atoms with E-state index in [-0.39, 0.29) is 53.7 Å². The van der Waals surface area contributed by atoms with E-state index >= 15 is 0 Å². The summed E-state index contributed by atoms with van der Waals surface area (Å²) in [5.74, 6) is -0.662. The van der Waals surface area contributed by atoms with Gasteiger partial charge in [-0.05, 0) is 31.2 Å². The summed E-state index contributed by atoms with van der Waals surface area (Å²) in [5, 5.41) is 12.5. The van der Waals surface area contributed by atoms with E-state index in [0.717, 1.165) is 0 Å². The van der Waals surface area contributed by atoms with Crippen molar-refractivity contribution in [3.63, 3.8) is 0 Å². The number of carbonyl (C=O) groups excluding carboxylic acids is 2. The molecule has 3 aromatic rings. The van der Waals surface area contributed by atoms with Gasteiger partial charge in [0.15, 0.2) is 10.8 Å². The predicted octanol–water partition coefficient (Wildman–Crippen LogP) is 2.60. The molecular weight excluding hydrogens is 536 g/mol. The summed E-state index contributed by atoms with van der Waals surface area (Å²) in [5.41, 5.74) is 0.828. The number of carbonyl (C=O) groups is 2. The molecule has 0 saturated heterocycles. The van der Waals surface area contributed by atoms with E-state index in [1.807, 2.05) is 25.1 Å². The Balaban J connectivity index is 1.69. The zero-order valence-electron chi connectivity index (χ0n) is 22.8. The maximum absolute atomic E-state index is 13.6. The number of ether oxygens (including phenoxy) is 1. The number of sulfonamides is 1. The number of fused-ring (bicyclic) bond motifs is 1. The van der Waals surface area contributed by atoms with Crippen molar-refractivity contribution in [3.8, 4) is 5.75 Å². The second-order valence-corrected chi connectivity index (χ2v) is 11.6. The maximum atomic E-state index is 13.6.